The summed E-state index contributed by atoms with van der Waals surface area (Å²) in [4.78, 5) is 6.40. The number of likely N-dealkylation sites (tertiary alicyclic amines) is 1. The molecular weight excluding hydrogens is 323 g/mol. The van der Waals surface area contributed by atoms with E-state index in [2.05, 4.69) is 21.2 Å². The molecule has 0 N–H and O–H groups in total. The van der Waals surface area contributed by atoms with Crippen LogP contribution in [0.25, 0.3) is 0 Å². The number of rotatable bonds is 4. The molecule has 2 fully saturated rings. The van der Waals surface area contributed by atoms with Crippen LogP contribution in [0.1, 0.15) is 24.8 Å². The second-order valence-corrected chi connectivity index (χ2v) is 7.03. The highest BCUT2D eigenvalue weighted by atomic mass is 19.1. The topological polar surface area (TPSA) is 52.4 Å². The van der Waals surface area contributed by atoms with Crippen LogP contribution in [0.5, 0.6) is 5.88 Å². The number of hydrogen-bond donors (Lipinski definition) is 0. The van der Waals surface area contributed by atoms with E-state index >= 15 is 0 Å². The van der Waals surface area contributed by atoms with Gasteiger partial charge in [-0.15, -0.1) is 0 Å². The molecule has 0 amide bonds. The van der Waals surface area contributed by atoms with Crippen molar-refractivity contribution in [2.24, 2.45) is 7.05 Å². The third-order valence-electron chi connectivity index (χ3n) is 5.11. The number of pyridine rings is 1. The van der Waals surface area contributed by atoms with Crippen molar-refractivity contribution >= 4 is 0 Å². The summed E-state index contributed by atoms with van der Waals surface area (Å²) in [5.41, 5.74) is 1.10. The van der Waals surface area contributed by atoms with E-state index in [4.69, 9.17) is 9.47 Å². The van der Waals surface area contributed by atoms with Gasteiger partial charge in [-0.1, -0.05) is 0 Å². The molecule has 4 heterocycles. The van der Waals surface area contributed by atoms with E-state index in [1.165, 1.54) is 11.6 Å². The Morgan fingerprint density at radius 2 is 2.24 bits per heavy atom. The van der Waals surface area contributed by atoms with Crippen LogP contribution in [0.2, 0.25) is 0 Å². The quantitative estimate of drug-likeness (QED) is 0.849. The van der Waals surface area contributed by atoms with E-state index in [0.717, 1.165) is 38.9 Å². The number of ether oxygens (including phenoxy) is 2. The molecule has 0 bridgehead atoms. The second-order valence-electron chi connectivity index (χ2n) is 7.03. The summed E-state index contributed by atoms with van der Waals surface area (Å²) in [5.74, 6) is -0.350. The maximum absolute atomic E-state index is 13.7. The summed E-state index contributed by atoms with van der Waals surface area (Å²) in [7, 11) is 1.94. The Kier molecular flexibility index (Phi) is 4.43. The molecule has 6 nitrogen and oxygen atoms in total. The summed E-state index contributed by atoms with van der Waals surface area (Å²) in [6.07, 6.45) is 8.12. The summed E-state index contributed by atoms with van der Waals surface area (Å²) in [6, 6.07) is 2.93. The Balaban J connectivity index is 1.30. The molecule has 0 saturated carbocycles. The third-order valence-corrected chi connectivity index (χ3v) is 5.11. The zero-order chi connectivity index (χ0) is 17.3. The zero-order valence-electron chi connectivity index (χ0n) is 14.4. The monoisotopic (exact) mass is 346 g/mol. The molecule has 2 aliphatic rings. The van der Waals surface area contributed by atoms with Crippen LogP contribution in [0.15, 0.2) is 30.7 Å². The van der Waals surface area contributed by atoms with E-state index < -0.39 is 5.82 Å². The first-order valence-electron chi connectivity index (χ1n) is 8.73. The van der Waals surface area contributed by atoms with Gasteiger partial charge < -0.3 is 9.47 Å². The molecule has 25 heavy (non-hydrogen) atoms. The van der Waals surface area contributed by atoms with Gasteiger partial charge in [-0.2, -0.15) is 5.10 Å². The Hall–Kier alpha value is -1.99. The number of piperidine rings is 1. The molecule has 1 spiro atoms. The summed E-state index contributed by atoms with van der Waals surface area (Å²) in [6.45, 7) is 3.39. The van der Waals surface area contributed by atoms with E-state index in [1.807, 2.05) is 17.9 Å². The van der Waals surface area contributed by atoms with Crippen molar-refractivity contribution in [3.63, 3.8) is 0 Å². The maximum Gasteiger partial charge on any atom is 0.250 e. The fraction of sp³-hybridized carbons (Fsp3) is 0.556. The Morgan fingerprint density at radius 1 is 1.40 bits per heavy atom. The van der Waals surface area contributed by atoms with E-state index in [0.29, 0.717) is 6.61 Å². The van der Waals surface area contributed by atoms with Crippen LogP contribution >= 0.6 is 0 Å². The van der Waals surface area contributed by atoms with Gasteiger partial charge in [0.05, 0.1) is 18.4 Å². The molecule has 1 atom stereocenters. The molecular formula is C18H23FN4O2. The summed E-state index contributed by atoms with van der Waals surface area (Å²) < 4.78 is 27.3. The summed E-state index contributed by atoms with van der Waals surface area (Å²) >= 11 is 0. The van der Waals surface area contributed by atoms with Crippen LogP contribution in [0.3, 0.4) is 0 Å². The van der Waals surface area contributed by atoms with E-state index in [1.54, 1.807) is 12.3 Å². The molecule has 4 rings (SSSR count). The predicted molar refractivity (Wildman–Crippen MR) is 89.6 cm³/mol. The lowest BCUT2D eigenvalue weighted by Crippen LogP contribution is -2.44. The second kappa shape index (κ2) is 6.72. The average Bonchev–Trinajstić information content (AvgIpc) is 3.19. The largest absolute Gasteiger partial charge is 0.470 e. The maximum atomic E-state index is 13.7. The van der Waals surface area contributed by atoms with Gasteiger partial charge in [0.1, 0.15) is 6.10 Å². The number of aryl methyl sites for hydroxylation is 1. The standard InChI is InChI=1S/C18H23FN4O2/c1-22-11-14(10-21-22)12-23-7-4-18(5-8-23)9-15(13-24-18)25-17-16(19)3-2-6-20-17/h2-3,6,10-11,15H,4-5,7-9,12-13H2,1H3. The highest BCUT2D eigenvalue weighted by Crippen LogP contribution is 2.37. The van der Waals surface area contributed by atoms with Gasteiger partial charge in [-0.3, -0.25) is 9.58 Å². The Bertz CT molecular complexity index is 727. The van der Waals surface area contributed by atoms with Crippen molar-refractivity contribution in [1.29, 1.82) is 0 Å². The van der Waals surface area contributed by atoms with Crippen LogP contribution in [-0.2, 0) is 18.3 Å². The van der Waals surface area contributed by atoms with Crippen molar-refractivity contribution in [3.05, 3.63) is 42.1 Å². The number of aromatic nitrogens is 3. The van der Waals surface area contributed by atoms with Crippen LogP contribution in [-0.4, -0.2) is 51.1 Å². The van der Waals surface area contributed by atoms with Gasteiger partial charge in [0.2, 0.25) is 0 Å². The Morgan fingerprint density at radius 3 is 2.96 bits per heavy atom. The van der Waals surface area contributed by atoms with Gasteiger partial charge in [0.25, 0.3) is 5.88 Å². The lowest BCUT2D eigenvalue weighted by atomic mass is 9.88. The van der Waals surface area contributed by atoms with Crippen molar-refractivity contribution < 1.29 is 13.9 Å². The number of nitrogens with zero attached hydrogens (tertiary/aromatic N) is 4. The highest BCUT2D eigenvalue weighted by molar-refractivity contribution is 5.14. The van der Waals surface area contributed by atoms with Gasteiger partial charge in [0.15, 0.2) is 5.82 Å². The van der Waals surface area contributed by atoms with E-state index in [-0.39, 0.29) is 17.6 Å². The van der Waals surface area contributed by atoms with Crippen LogP contribution in [0, 0.1) is 5.82 Å². The van der Waals surface area contributed by atoms with Crippen LogP contribution in [0.4, 0.5) is 4.39 Å². The molecule has 0 radical (unpaired) electrons. The molecule has 2 aliphatic heterocycles. The minimum absolute atomic E-state index is 0.0714. The Labute approximate surface area is 146 Å². The molecule has 0 aliphatic carbocycles. The lowest BCUT2D eigenvalue weighted by molar-refractivity contribution is -0.0455. The minimum Gasteiger partial charge on any atom is -0.470 e. The predicted octanol–water partition coefficient (Wildman–Crippen LogP) is 2.16. The normalized spacial score (nSPS) is 23.2. The van der Waals surface area contributed by atoms with Crippen molar-refractivity contribution in [2.75, 3.05) is 19.7 Å². The first-order valence-corrected chi connectivity index (χ1v) is 8.73. The fourth-order valence-electron chi connectivity index (χ4n) is 3.77. The summed E-state index contributed by atoms with van der Waals surface area (Å²) in [5, 5.41) is 4.22. The average molecular weight is 346 g/mol. The number of halogens is 1. The van der Waals surface area contributed by atoms with Gasteiger partial charge >= 0.3 is 0 Å². The SMILES string of the molecule is Cn1cc(CN2CCC3(CC2)CC(Oc2ncccc2F)CO3)cn1. The van der Waals surface area contributed by atoms with Crippen molar-refractivity contribution in [2.45, 2.75) is 37.5 Å². The van der Waals surface area contributed by atoms with E-state index in [9.17, 15) is 4.39 Å². The molecule has 134 valence electrons. The minimum atomic E-state index is -0.422. The lowest BCUT2D eigenvalue weighted by Gasteiger charge is -2.38. The molecule has 2 aromatic rings. The van der Waals surface area contributed by atoms with Gasteiger partial charge in [0, 0.05) is 51.1 Å². The fourth-order valence-corrected chi connectivity index (χ4v) is 3.77. The first kappa shape index (κ1) is 16.5. The third kappa shape index (κ3) is 3.67. The van der Waals surface area contributed by atoms with Gasteiger partial charge in [-0.05, 0) is 25.0 Å². The van der Waals surface area contributed by atoms with Crippen LogP contribution < -0.4 is 4.74 Å². The molecule has 7 heteroatoms. The van der Waals surface area contributed by atoms with Crippen molar-refractivity contribution in [3.8, 4) is 5.88 Å². The molecule has 1 unspecified atom stereocenters. The smallest absolute Gasteiger partial charge is 0.250 e. The van der Waals surface area contributed by atoms with Crippen molar-refractivity contribution in [1.82, 2.24) is 19.7 Å². The number of hydrogen-bond acceptors (Lipinski definition) is 5. The molecule has 2 saturated heterocycles. The molecule has 0 aromatic carbocycles. The zero-order valence-corrected chi connectivity index (χ0v) is 14.4. The molecule has 2 aromatic heterocycles. The van der Waals surface area contributed by atoms with Gasteiger partial charge in [-0.25, -0.2) is 9.37 Å². The highest BCUT2D eigenvalue weighted by Gasteiger charge is 2.43. The first-order chi connectivity index (χ1) is 12.1.